The molecule has 0 rings (SSSR count). The van der Waals surface area contributed by atoms with Crippen LogP contribution in [0.4, 0.5) is 0 Å². The zero-order valence-corrected chi connectivity index (χ0v) is 9.83. The lowest BCUT2D eigenvalue weighted by molar-refractivity contribution is 0.713. The smallest absolute Gasteiger partial charge is 0.0236 e. The van der Waals surface area contributed by atoms with Gasteiger partial charge in [-0.15, -0.1) is 0 Å². The molecule has 66 valence electrons. The van der Waals surface area contributed by atoms with Crippen molar-refractivity contribution in [2.75, 3.05) is 0 Å². The Hall–Kier alpha value is 0.220. The summed E-state index contributed by atoms with van der Waals surface area (Å²) < 4.78 is 0.253. The lowest BCUT2D eigenvalue weighted by Crippen LogP contribution is -2.07. The molecule has 0 aliphatic rings. The van der Waals surface area contributed by atoms with Gasteiger partial charge in [0.25, 0.3) is 0 Å². The van der Waals surface area contributed by atoms with Crippen LogP contribution in [0, 0.1) is 5.92 Å². The molecule has 0 saturated heterocycles. The Kier molecular flexibility index (Phi) is 4.38. The molecular formula is C10H19Br. The molecule has 0 amide bonds. The van der Waals surface area contributed by atoms with Crippen molar-refractivity contribution in [2.24, 2.45) is 5.92 Å². The molecule has 0 aromatic rings. The predicted octanol–water partition coefficient (Wildman–Crippen LogP) is 4.15. The highest BCUT2D eigenvalue weighted by Crippen LogP contribution is 2.22. The Morgan fingerprint density at radius 2 is 1.91 bits per heavy atom. The Morgan fingerprint density at radius 3 is 2.18 bits per heavy atom. The zero-order chi connectivity index (χ0) is 9.07. The van der Waals surface area contributed by atoms with Crippen LogP contribution >= 0.6 is 15.9 Å². The number of rotatable bonds is 3. The van der Waals surface area contributed by atoms with Crippen molar-refractivity contribution >= 4 is 15.9 Å². The van der Waals surface area contributed by atoms with E-state index in [0.29, 0.717) is 5.92 Å². The molecular weight excluding hydrogens is 200 g/mol. The largest absolute Gasteiger partial charge is 0.0856 e. The molecule has 0 aliphatic carbocycles. The van der Waals surface area contributed by atoms with Crippen molar-refractivity contribution in [3.63, 3.8) is 0 Å². The maximum Gasteiger partial charge on any atom is 0.0236 e. The van der Waals surface area contributed by atoms with E-state index in [1.807, 2.05) is 0 Å². The lowest BCUT2D eigenvalue weighted by atomic mass is 10.0. The summed E-state index contributed by atoms with van der Waals surface area (Å²) in [7, 11) is 0. The number of allylic oxidation sites excluding steroid dienone is 2. The molecule has 0 radical (unpaired) electrons. The van der Waals surface area contributed by atoms with Crippen molar-refractivity contribution < 1.29 is 0 Å². The molecule has 0 spiro atoms. The van der Waals surface area contributed by atoms with Gasteiger partial charge in [-0.25, -0.2) is 0 Å². The van der Waals surface area contributed by atoms with Gasteiger partial charge in [0.2, 0.25) is 0 Å². The van der Waals surface area contributed by atoms with Gasteiger partial charge >= 0.3 is 0 Å². The van der Waals surface area contributed by atoms with E-state index in [9.17, 15) is 0 Å². The fourth-order valence-corrected chi connectivity index (χ4v) is 0.801. The van der Waals surface area contributed by atoms with Crippen LogP contribution in [0.25, 0.3) is 0 Å². The quantitative estimate of drug-likeness (QED) is 0.494. The van der Waals surface area contributed by atoms with E-state index in [1.165, 1.54) is 5.57 Å². The number of alkyl halides is 1. The van der Waals surface area contributed by atoms with Crippen LogP contribution in [0.3, 0.4) is 0 Å². The first kappa shape index (κ1) is 11.2. The van der Waals surface area contributed by atoms with E-state index in [2.05, 4.69) is 56.6 Å². The lowest BCUT2D eigenvalue weighted by Gasteiger charge is -2.14. The minimum Gasteiger partial charge on any atom is -0.0856 e. The van der Waals surface area contributed by atoms with E-state index >= 15 is 0 Å². The number of halogens is 1. The summed E-state index contributed by atoms with van der Waals surface area (Å²) >= 11 is 3.61. The highest BCUT2D eigenvalue weighted by Gasteiger charge is 2.10. The van der Waals surface area contributed by atoms with Gasteiger partial charge in [-0.05, 0) is 33.1 Å². The monoisotopic (exact) mass is 218 g/mol. The second-order valence-corrected chi connectivity index (χ2v) is 6.17. The highest BCUT2D eigenvalue weighted by atomic mass is 79.9. The SMILES string of the molecule is C/C(=C\CC(C)(C)Br)C(C)C. The number of hydrogen-bond donors (Lipinski definition) is 0. The average Bonchev–Trinajstić information content (AvgIpc) is 1.80. The second kappa shape index (κ2) is 4.30. The van der Waals surface area contributed by atoms with E-state index in [-0.39, 0.29) is 4.32 Å². The van der Waals surface area contributed by atoms with Crippen LogP contribution in [0.2, 0.25) is 0 Å². The van der Waals surface area contributed by atoms with Gasteiger partial charge in [-0.3, -0.25) is 0 Å². The van der Waals surface area contributed by atoms with Gasteiger partial charge in [-0.2, -0.15) is 0 Å². The fourth-order valence-electron chi connectivity index (χ4n) is 0.639. The van der Waals surface area contributed by atoms with Crippen molar-refractivity contribution in [1.82, 2.24) is 0 Å². The maximum absolute atomic E-state index is 3.61. The Balaban J connectivity index is 3.93. The van der Waals surface area contributed by atoms with Crippen LogP contribution in [-0.4, -0.2) is 4.32 Å². The molecule has 0 saturated carbocycles. The predicted molar refractivity (Wildman–Crippen MR) is 56.2 cm³/mol. The van der Waals surface area contributed by atoms with Gasteiger partial charge < -0.3 is 0 Å². The van der Waals surface area contributed by atoms with Crippen LogP contribution < -0.4 is 0 Å². The third-order valence-electron chi connectivity index (χ3n) is 1.82. The summed E-state index contributed by atoms with van der Waals surface area (Å²) in [6.07, 6.45) is 3.43. The minimum absolute atomic E-state index is 0.253. The van der Waals surface area contributed by atoms with E-state index < -0.39 is 0 Å². The second-order valence-electron chi connectivity index (χ2n) is 4.03. The molecule has 0 aromatic heterocycles. The van der Waals surface area contributed by atoms with Crippen LogP contribution in [0.1, 0.15) is 41.0 Å². The van der Waals surface area contributed by atoms with Gasteiger partial charge in [0.05, 0.1) is 0 Å². The fraction of sp³-hybridized carbons (Fsp3) is 0.800. The molecule has 0 aliphatic heterocycles. The molecule has 0 bridgehead atoms. The standard InChI is InChI=1S/C10H19Br/c1-8(2)9(3)6-7-10(4,5)11/h6,8H,7H2,1-5H3/b9-6+. The van der Waals surface area contributed by atoms with Crippen LogP contribution in [0.5, 0.6) is 0 Å². The van der Waals surface area contributed by atoms with Crippen LogP contribution in [0.15, 0.2) is 11.6 Å². The van der Waals surface area contributed by atoms with Gasteiger partial charge in [0.1, 0.15) is 0 Å². The first-order valence-corrected chi connectivity index (χ1v) is 4.98. The first-order valence-electron chi connectivity index (χ1n) is 4.18. The van der Waals surface area contributed by atoms with Crippen molar-refractivity contribution in [3.05, 3.63) is 11.6 Å². The maximum atomic E-state index is 3.61. The third kappa shape index (κ3) is 6.61. The Morgan fingerprint density at radius 1 is 1.45 bits per heavy atom. The summed E-state index contributed by atoms with van der Waals surface area (Å²) in [5.41, 5.74) is 1.48. The van der Waals surface area contributed by atoms with Gasteiger partial charge in [0, 0.05) is 4.32 Å². The van der Waals surface area contributed by atoms with Crippen molar-refractivity contribution in [3.8, 4) is 0 Å². The molecule has 0 fully saturated rings. The Bertz CT molecular complexity index is 137. The van der Waals surface area contributed by atoms with Gasteiger partial charge in [-0.1, -0.05) is 41.4 Å². The summed E-state index contributed by atoms with van der Waals surface area (Å²) in [6.45, 7) is 11.0. The molecule has 0 heterocycles. The topological polar surface area (TPSA) is 0 Å². The first-order chi connectivity index (χ1) is 4.83. The van der Waals surface area contributed by atoms with E-state index in [1.54, 1.807) is 0 Å². The molecule has 0 nitrogen and oxygen atoms in total. The summed E-state index contributed by atoms with van der Waals surface area (Å²) in [6, 6.07) is 0. The van der Waals surface area contributed by atoms with Crippen LogP contribution in [-0.2, 0) is 0 Å². The van der Waals surface area contributed by atoms with Crippen molar-refractivity contribution in [1.29, 1.82) is 0 Å². The van der Waals surface area contributed by atoms with E-state index in [4.69, 9.17) is 0 Å². The summed E-state index contributed by atoms with van der Waals surface area (Å²) in [5, 5.41) is 0. The Labute approximate surface area is 79.2 Å². The molecule has 0 aromatic carbocycles. The molecule has 0 atom stereocenters. The summed E-state index contributed by atoms with van der Waals surface area (Å²) in [5.74, 6) is 0.685. The zero-order valence-electron chi connectivity index (χ0n) is 8.24. The minimum atomic E-state index is 0.253. The number of hydrogen-bond acceptors (Lipinski definition) is 0. The molecule has 0 unspecified atom stereocenters. The normalized spacial score (nSPS) is 14.3. The van der Waals surface area contributed by atoms with Crippen molar-refractivity contribution in [2.45, 2.75) is 45.4 Å². The average molecular weight is 219 g/mol. The summed E-state index contributed by atoms with van der Waals surface area (Å²) in [4.78, 5) is 0. The molecule has 11 heavy (non-hydrogen) atoms. The highest BCUT2D eigenvalue weighted by molar-refractivity contribution is 9.10. The van der Waals surface area contributed by atoms with E-state index in [0.717, 1.165) is 6.42 Å². The molecule has 1 heteroatoms. The third-order valence-corrected chi connectivity index (χ3v) is 2.14. The molecule has 0 N–H and O–H groups in total. The van der Waals surface area contributed by atoms with Gasteiger partial charge in [0.15, 0.2) is 0 Å².